The van der Waals surface area contributed by atoms with Gasteiger partial charge in [-0.3, -0.25) is 0 Å². The molecule has 2 N–H and O–H groups in total. The maximum Gasteiger partial charge on any atom is 0.328 e. The molecule has 5 heteroatoms. The fourth-order valence-corrected chi connectivity index (χ4v) is 5.10. The Hall–Kier alpha value is -3.05. The number of anilines is 1. The molecule has 4 rings (SSSR count). The van der Waals surface area contributed by atoms with Crippen molar-refractivity contribution >= 4 is 29.5 Å². The van der Waals surface area contributed by atoms with Crippen LogP contribution in [0.1, 0.15) is 41.9 Å². The van der Waals surface area contributed by atoms with E-state index in [-0.39, 0.29) is 11.9 Å². The summed E-state index contributed by atoms with van der Waals surface area (Å²) in [5, 5.41) is 12.7. The normalized spacial score (nSPS) is 18.2. The van der Waals surface area contributed by atoms with Crippen molar-refractivity contribution in [3.63, 3.8) is 0 Å². The van der Waals surface area contributed by atoms with Gasteiger partial charge >= 0.3 is 5.97 Å². The molecule has 0 saturated heterocycles. The van der Waals surface area contributed by atoms with Crippen molar-refractivity contribution < 1.29 is 14.3 Å². The minimum absolute atomic E-state index is 0.191. The Morgan fingerprint density at radius 2 is 1.91 bits per heavy atom. The molecule has 0 aliphatic heterocycles. The quantitative estimate of drug-likeness (QED) is 0.289. The van der Waals surface area contributed by atoms with Crippen LogP contribution in [0.15, 0.2) is 83.8 Å². The number of halogens is 1. The third kappa shape index (κ3) is 6.01. The Kier molecular flexibility index (Phi) is 7.28. The van der Waals surface area contributed by atoms with E-state index >= 15 is 0 Å². The van der Waals surface area contributed by atoms with Crippen LogP contribution >= 0.6 is 11.8 Å². The first-order valence-electron chi connectivity index (χ1n) is 10.8. The summed E-state index contributed by atoms with van der Waals surface area (Å²) in [6.07, 6.45) is 5.75. The molecule has 3 nitrogen and oxygen atoms in total. The molecule has 1 aliphatic carbocycles. The molecule has 0 amide bonds. The van der Waals surface area contributed by atoms with Crippen molar-refractivity contribution in [2.75, 3.05) is 5.32 Å². The number of aliphatic carboxylic acids is 1. The van der Waals surface area contributed by atoms with Crippen LogP contribution in [0.4, 0.5) is 10.1 Å². The third-order valence-electron chi connectivity index (χ3n) is 5.79. The predicted molar refractivity (Wildman–Crippen MR) is 130 cm³/mol. The molecular formula is C27H26FNO2S. The van der Waals surface area contributed by atoms with Crippen molar-refractivity contribution in [3.8, 4) is 0 Å². The maximum atomic E-state index is 13.6. The largest absolute Gasteiger partial charge is 0.478 e. The standard InChI is InChI=1S/C27H26FNO2S/c28-23-8-4-7-20(15-23)21-9-11-24(16-21)29-26-13-12-25(17-22(26)10-14-27(30)31)32-18-19-5-2-1-3-6-19/h1-8,10,12-15,17,21,24,29H,9,11,16,18H2,(H,30,31)/b14-10+. The highest BCUT2D eigenvalue weighted by molar-refractivity contribution is 7.98. The van der Waals surface area contributed by atoms with Gasteiger partial charge < -0.3 is 10.4 Å². The molecule has 32 heavy (non-hydrogen) atoms. The third-order valence-corrected chi connectivity index (χ3v) is 6.85. The first kappa shape index (κ1) is 22.2. The molecule has 1 saturated carbocycles. The Morgan fingerprint density at radius 3 is 2.69 bits per heavy atom. The SMILES string of the molecule is O=C(O)/C=C/c1cc(SCc2ccccc2)ccc1NC1CCC(c2cccc(F)c2)C1. The highest BCUT2D eigenvalue weighted by Gasteiger charge is 2.26. The average molecular weight is 448 g/mol. The van der Waals surface area contributed by atoms with Gasteiger partial charge in [0.15, 0.2) is 0 Å². The lowest BCUT2D eigenvalue weighted by Crippen LogP contribution is -2.16. The fourth-order valence-electron chi connectivity index (χ4n) is 4.20. The van der Waals surface area contributed by atoms with Gasteiger partial charge in [0.05, 0.1) is 0 Å². The van der Waals surface area contributed by atoms with Crippen molar-refractivity contribution in [1.82, 2.24) is 0 Å². The second-order valence-corrected chi connectivity index (χ2v) is 9.15. The molecule has 2 unspecified atom stereocenters. The number of carboxylic acid groups (broad SMARTS) is 1. The molecule has 2 atom stereocenters. The van der Waals surface area contributed by atoms with E-state index in [1.165, 1.54) is 17.7 Å². The van der Waals surface area contributed by atoms with E-state index in [1.807, 2.05) is 36.4 Å². The minimum Gasteiger partial charge on any atom is -0.478 e. The lowest BCUT2D eigenvalue weighted by molar-refractivity contribution is -0.131. The summed E-state index contributed by atoms with van der Waals surface area (Å²) in [7, 11) is 0. The lowest BCUT2D eigenvalue weighted by Gasteiger charge is -2.18. The van der Waals surface area contributed by atoms with Gasteiger partial charge in [0.2, 0.25) is 0 Å². The van der Waals surface area contributed by atoms with Crippen LogP contribution in [0.5, 0.6) is 0 Å². The van der Waals surface area contributed by atoms with Gasteiger partial charge in [0, 0.05) is 28.5 Å². The Labute approximate surface area is 192 Å². The molecule has 0 heterocycles. The molecule has 0 bridgehead atoms. The molecule has 1 fully saturated rings. The second-order valence-electron chi connectivity index (χ2n) is 8.10. The Bertz CT molecular complexity index is 1100. The van der Waals surface area contributed by atoms with Gasteiger partial charge in [0.25, 0.3) is 0 Å². The van der Waals surface area contributed by atoms with E-state index in [1.54, 1.807) is 30.0 Å². The summed E-state index contributed by atoms with van der Waals surface area (Å²) >= 11 is 1.73. The first-order chi connectivity index (χ1) is 15.6. The predicted octanol–water partition coefficient (Wildman–Crippen LogP) is 6.96. The van der Waals surface area contributed by atoms with Crippen LogP contribution in [0, 0.1) is 5.82 Å². The molecule has 0 spiro atoms. The van der Waals surface area contributed by atoms with Crippen LogP contribution in [0.3, 0.4) is 0 Å². The topological polar surface area (TPSA) is 49.3 Å². The van der Waals surface area contributed by atoms with Gasteiger partial charge in [0.1, 0.15) is 5.82 Å². The van der Waals surface area contributed by atoms with Crippen molar-refractivity contribution in [2.45, 2.75) is 41.9 Å². The summed E-state index contributed by atoms with van der Waals surface area (Å²) in [6, 6.07) is 23.6. The fraction of sp³-hybridized carbons (Fsp3) is 0.222. The lowest BCUT2D eigenvalue weighted by atomic mass is 9.97. The maximum absolute atomic E-state index is 13.6. The number of thioether (sulfide) groups is 1. The van der Waals surface area contributed by atoms with Crippen molar-refractivity contribution in [3.05, 3.63) is 101 Å². The van der Waals surface area contributed by atoms with E-state index < -0.39 is 5.97 Å². The molecule has 164 valence electrons. The number of hydrogen-bond acceptors (Lipinski definition) is 3. The number of benzene rings is 3. The van der Waals surface area contributed by atoms with Gasteiger partial charge in [-0.05, 0) is 78.3 Å². The van der Waals surface area contributed by atoms with Crippen LogP contribution in [-0.2, 0) is 10.5 Å². The van der Waals surface area contributed by atoms with Gasteiger partial charge in [-0.1, -0.05) is 42.5 Å². The molecule has 3 aromatic rings. The van der Waals surface area contributed by atoms with E-state index in [0.29, 0.717) is 5.92 Å². The molecule has 3 aromatic carbocycles. The van der Waals surface area contributed by atoms with Crippen molar-refractivity contribution in [1.29, 1.82) is 0 Å². The molecule has 0 aromatic heterocycles. The monoisotopic (exact) mass is 447 g/mol. The van der Waals surface area contributed by atoms with Gasteiger partial charge in [-0.2, -0.15) is 0 Å². The summed E-state index contributed by atoms with van der Waals surface area (Å²) < 4.78 is 13.6. The zero-order chi connectivity index (χ0) is 22.3. The summed E-state index contributed by atoms with van der Waals surface area (Å²) in [6.45, 7) is 0. The highest BCUT2D eigenvalue weighted by Crippen LogP contribution is 2.37. The van der Waals surface area contributed by atoms with Crippen LogP contribution < -0.4 is 5.32 Å². The van der Waals surface area contributed by atoms with E-state index in [4.69, 9.17) is 5.11 Å². The number of carboxylic acids is 1. The number of rotatable bonds is 8. The zero-order valence-electron chi connectivity index (χ0n) is 17.7. The minimum atomic E-state index is -0.967. The van der Waals surface area contributed by atoms with Crippen molar-refractivity contribution in [2.24, 2.45) is 0 Å². The first-order valence-corrected chi connectivity index (χ1v) is 11.8. The van der Waals surface area contributed by atoms with Crippen LogP contribution in [0.2, 0.25) is 0 Å². The summed E-state index contributed by atoms with van der Waals surface area (Å²) in [5.41, 5.74) is 4.08. The number of nitrogens with one attached hydrogen (secondary N) is 1. The van der Waals surface area contributed by atoms with Crippen LogP contribution in [-0.4, -0.2) is 17.1 Å². The summed E-state index contributed by atoms with van der Waals surface area (Å²) in [5.74, 6) is 0.0315. The number of carbonyl (C=O) groups is 1. The molecule has 0 radical (unpaired) electrons. The molecule has 1 aliphatic rings. The molecular weight excluding hydrogens is 421 g/mol. The van der Waals surface area contributed by atoms with Gasteiger partial charge in [-0.25, -0.2) is 9.18 Å². The van der Waals surface area contributed by atoms with E-state index in [2.05, 4.69) is 23.5 Å². The van der Waals surface area contributed by atoms with Crippen LogP contribution in [0.25, 0.3) is 6.08 Å². The smallest absolute Gasteiger partial charge is 0.328 e. The Balaban J connectivity index is 1.46. The second kappa shape index (κ2) is 10.5. The van der Waals surface area contributed by atoms with Gasteiger partial charge in [-0.15, -0.1) is 11.8 Å². The Morgan fingerprint density at radius 1 is 1.06 bits per heavy atom. The average Bonchev–Trinajstić information content (AvgIpc) is 3.27. The summed E-state index contributed by atoms with van der Waals surface area (Å²) in [4.78, 5) is 12.2. The number of hydrogen-bond donors (Lipinski definition) is 2. The highest BCUT2D eigenvalue weighted by atomic mass is 32.2. The van der Waals surface area contributed by atoms with E-state index in [0.717, 1.165) is 46.7 Å². The van der Waals surface area contributed by atoms with E-state index in [9.17, 15) is 9.18 Å². The zero-order valence-corrected chi connectivity index (χ0v) is 18.5.